The Labute approximate surface area is 124 Å². The van der Waals surface area contributed by atoms with Crippen molar-refractivity contribution in [2.45, 2.75) is 26.3 Å². The van der Waals surface area contributed by atoms with E-state index in [4.69, 9.17) is 10.5 Å². The van der Waals surface area contributed by atoms with Gasteiger partial charge in [0.15, 0.2) is 0 Å². The molecule has 21 heavy (non-hydrogen) atoms. The Balaban J connectivity index is 2.03. The molecule has 0 amide bonds. The Morgan fingerprint density at radius 2 is 1.90 bits per heavy atom. The van der Waals surface area contributed by atoms with Crippen LogP contribution in [0.25, 0.3) is 0 Å². The smallest absolute Gasteiger partial charge is 0.144 e. The number of anilines is 2. The third kappa shape index (κ3) is 4.12. The molecule has 112 valence electrons. The second-order valence-corrected chi connectivity index (χ2v) is 5.03. The summed E-state index contributed by atoms with van der Waals surface area (Å²) < 4.78 is 18.4. The van der Waals surface area contributed by atoms with Crippen molar-refractivity contribution in [1.82, 2.24) is 0 Å². The average Bonchev–Trinajstić information content (AvgIpc) is 2.46. The predicted octanol–water partition coefficient (Wildman–Crippen LogP) is 3.85. The van der Waals surface area contributed by atoms with E-state index in [1.165, 1.54) is 12.1 Å². The molecule has 0 bridgehead atoms. The van der Waals surface area contributed by atoms with E-state index in [9.17, 15) is 4.39 Å². The topological polar surface area (TPSA) is 47.3 Å². The predicted molar refractivity (Wildman–Crippen MR) is 85.2 cm³/mol. The van der Waals surface area contributed by atoms with Crippen LogP contribution in [0.3, 0.4) is 0 Å². The molecule has 0 aliphatic heterocycles. The van der Waals surface area contributed by atoms with Crippen molar-refractivity contribution in [2.24, 2.45) is 0 Å². The lowest BCUT2D eigenvalue weighted by molar-refractivity contribution is 0.342. The van der Waals surface area contributed by atoms with E-state index in [-0.39, 0.29) is 11.9 Å². The van der Waals surface area contributed by atoms with Crippen molar-refractivity contribution >= 4 is 11.4 Å². The Kier molecular flexibility index (Phi) is 5.04. The maximum Gasteiger partial charge on any atom is 0.144 e. The first-order valence-electron chi connectivity index (χ1n) is 7.12. The fraction of sp³-hybridized carbons (Fsp3) is 0.294. The molecule has 0 fully saturated rings. The maximum absolute atomic E-state index is 12.9. The molecule has 0 aromatic heterocycles. The Hall–Kier alpha value is -2.23. The van der Waals surface area contributed by atoms with E-state index >= 15 is 0 Å². The number of ether oxygens (including phenoxy) is 1. The van der Waals surface area contributed by atoms with Crippen molar-refractivity contribution in [3.63, 3.8) is 0 Å². The number of para-hydroxylation sites is 1. The summed E-state index contributed by atoms with van der Waals surface area (Å²) >= 11 is 0. The van der Waals surface area contributed by atoms with Crippen LogP contribution in [0.2, 0.25) is 0 Å². The van der Waals surface area contributed by atoms with E-state index in [1.54, 1.807) is 12.1 Å². The molecule has 0 aliphatic carbocycles. The van der Waals surface area contributed by atoms with E-state index in [0.717, 1.165) is 17.7 Å². The highest BCUT2D eigenvalue weighted by molar-refractivity contribution is 5.73. The molecule has 1 unspecified atom stereocenters. The van der Waals surface area contributed by atoms with Gasteiger partial charge >= 0.3 is 0 Å². The summed E-state index contributed by atoms with van der Waals surface area (Å²) in [4.78, 5) is 0. The maximum atomic E-state index is 12.9. The van der Waals surface area contributed by atoms with Gasteiger partial charge in [0.1, 0.15) is 11.6 Å². The van der Waals surface area contributed by atoms with Crippen LogP contribution >= 0.6 is 0 Å². The summed E-state index contributed by atoms with van der Waals surface area (Å²) in [5.41, 5.74) is 8.65. The molecule has 0 saturated carbocycles. The summed E-state index contributed by atoms with van der Waals surface area (Å²) in [5, 5.41) is 3.37. The lowest BCUT2D eigenvalue weighted by atomic mass is 10.1. The van der Waals surface area contributed by atoms with Gasteiger partial charge in [0.2, 0.25) is 0 Å². The number of halogens is 1. The quantitative estimate of drug-likeness (QED) is 0.794. The molecule has 2 aromatic carbocycles. The number of nitrogens with one attached hydrogen (secondary N) is 1. The van der Waals surface area contributed by atoms with Crippen LogP contribution in [0, 0.1) is 5.82 Å². The normalized spacial score (nSPS) is 12.0. The molecule has 3 N–H and O–H groups in total. The molecule has 0 saturated heterocycles. The molecule has 1 atom stereocenters. The zero-order valence-corrected chi connectivity index (χ0v) is 12.4. The Morgan fingerprint density at radius 3 is 2.57 bits per heavy atom. The number of hydrogen-bond donors (Lipinski definition) is 2. The van der Waals surface area contributed by atoms with Crippen LogP contribution in [0.4, 0.5) is 15.8 Å². The molecule has 2 aromatic rings. The van der Waals surface area contributed by atoms with Crippen molar-refractivity contribution < 1.29 is 9.13 Å². The molecule has 2 rings (SSSR count). The highest BCUT2D eigenvalue weighted by atomic mass is 19.1. The Bertz CT molecular complexity index is 584. The van der Waals surface area contributed by atoms with Gasteiger partial charge in [0.25, 0.3) is 0 Å². The van der Waals surface area contributed by atoms with Crippen LogP contribution in [-0.4, -0.2) is 12.6 Å². The third-order valence-electron chi connectivity index (χ3n) is 3.22. The van der Waals surface area contributed by atoms with Gasteiger partial charge in [0.05, 0.1) is 18.0 Å². The van der Waals surface area contributed by atoms with Crippen LogP contribution in [0.1, 0.15) is 19.4 Å². The standard InChI is InChI=1S/C17H21FN2O/c1-3-21-16-6-4-5-15(17(16)19)20-12(2)11-13-7-9-14(18)10-8-13/h4-10,12,20H,3,11,19H2,1-2H3. The first-order chi connectivity index (χ1) is 10.1. The Morgan fingerprint density at radius 1 is 1.19 bits per heavy atom. The molecular weight excluding hydrogens is 267 g/mol. The number of benzene rings is 2. The summed E-state index contributed by atoms with van der Waals surface area (Å²) in [5.74, 6) is 0.476. The lowest BCUT2D eigenvalue weighted by Gasteiger charge is -2.18. The minimum atomic E-state index is -0.215. The molecule has 0 heterocycles. The van der Waals surface area contributed by atoms with Crippen LogP contribution < -0.4 is 15.8 Å². The fourth-order valence-corrected chi connectivity index (χ4v) is 2.24. The van der Waals surface area contributed by atoms with Gasteiger partial charge in [-0.05, 0) is 50.1 Å². The zero-order valence-electron chi connectivity index (χ0n) is 12.4. The number of nitrogens with two attached hydrogens (primary N) is 1. The van der Waals surface area contributed by atoms with Gasteiger partial charge in [-0.15, -0.1) is 0 Å². The second-order valence-electron chi connectivity index (χ2n) is 5.03. The number of hydrogen-bond acceptors (Lipinski definition) is 3. The lowest BCUT2D eigenvalue weighted by Crippen LogP contribution is -2.19. The summed E-state index contributed by atoms with van der Waals surface area (Å²) in [6.07, 6.45) is 0.790. The number of rotatable bonds is 6. The summed E-state index contributed by atoms with van der Waals surface area (Å²) in [7, 11) is 0. The highest BCUT2D eigenvalue weighted by Gasteiger charge is 2.09. The highest BCUT2D eigenvalue weighted by Crippen LogP contribution is 2.30. The fourth-order valence-electron chi connectivity index (χ4n) is 2.24. The van der Waals surface area contributed by atoms with Crippen molar-refractivity contribution in [3.05, 3.63) is 53.8 Å². The van der Waals surface area contributed by atoms with Gasteiger partial charge in [-0.25, -0.2) is 4.39 Å². The van der Waals surface area contributed by atoms with E-state index in [2.05, 4.69) is 12.2 Å². The average molecular weight is 288 g/mol. The largest absolute Gasteiger partial charge is 0.492 e. The first kappa shape index (κ1) is 15.2. The molecular formula is C17H21FN2O. The molecule has 0 radical (unpaired) electrons. The van der Waals surface area contributed by atoms with Crippen molar-refractivity contribution in [2.75, 3.05) is 17.7 Å². The zero-order chi connectivity index (χ0) is 15.2. The second kappa shape index (κ2) is 6.97. The van der Waals surface area contributed by atoms with E-state index in [1.807, 2.05) is 25.1 Å². The molecule has 0 spiro atoms. The van der Waals surface area contributed by atoms with Crippen LogP contribution in [0.15, 0.2) is 42.5 Å². The number of nitrogen functional groups attached to an aromatic ring is 1. The van der Waals surface area contributed by atoms with Crippen molar-refractivity contribution in [1.29, 1.82) is 0 Å². The van der Waals surface area contributed by atoms with Gasteiger partial charge in [-0.2, -0.15) is 0 Å². The van der Waals surface area contributed by atoms with Gasteiger partial charge in [-0.3, -0.25) is 0 Å². The van der Waals surface area contributed by atoms with Crippen LogP contribution in [-0.2, 0) is 6.42 Å². The molecule has 0 aliphatic rings. The summed E-state index contributed by atoms with van der Waals surface area (Å²) in [6, 6.07) is 12.4. The molecule has 4 heteroatoms. The first-order valence-corrected chi connectivity index (χ1v) is 7.12. The van der Waals surface area contributed by atoms with Gasteiger partial charge < -0.3 is 15.8 Å². The minimum absolute atomic E-state index is 0.176. The SMILES string of the molecule is CCOc1cccc(NC(C)Cc2ccc(F)cc2)c1N. The molecule has 3 nitrogen and oxygen atoms in total. The van der Waals surface area contributed by atoms with Crippen molar-refractivity contribution in [3.8, 4) is 5.75 Å². The summed E-state index contributed by atoms with van der Waals surface area (Å²) in [6.45, 7) is 4.58. The third-order valence-corrected chi connectivity index (χ3v) is 3.22. The van der Waals surface area contributed by atoms with Crippen LogP contribution in [0.5, 0.6) is 5.75 Å². The minimum Gasteiger partial charge on any atom is -0.492 e. The monoisotopic (exact) mass is 288 g/mol. The van der Waals surface area contributed by atoms with Gasteiger partial charge in [0, 0.05) is 6.04 Å². The van der Waals surface area contributed by atoms with E-state index < -0.39 is 0 Å². The van der Waals surface area contributed by atoms with Gasteiger partial charge in [-0.1, -0.05) is 18.2 Å². The van der Waals surface area contributed by atoms with E-state index in [0.29, 0.717) is 18.0 Å².